The highest BCUT2D eigenvalue weighted by Crippen LogP contribution is 2.37. The van der Waals surface area contributed by atoms with E-state index >= 15 is 0 Å². The molecule has 1 heterocycles. The first-order valence-corrected chi connectivity index (χ1v) is 8.37. The fourth-order valence-electron chi connectivity index (χ4n) is 2.79. The summed E-state index contributed by atoms with van der Waals surface area (Å²) in [6, 6.07) is 5.24. The zero-order valence-electron chi connectivity index (χ0n) is 11.1. The molecule has 0 unspecified atom stereocenters. The van der Waals surface area contributed by atoms with Gasteiger partial charge in [-0.3, -0.25) is 4.79 Å². The Morgan fingerprint density at radius 2 is 1.81 bits per heavy atom. The first-order chi connectivity index (χ1) is 10.1. The predicted molar refractivity (Wildman–Crippen MR) is 89.2 cm³/mol. The maximum Gasteiger partial charge on any atom is 0.265 e. The molecule has 0 atom stereocenters. The van der Waals surface area contributed by atoms with Gasteiger partial charge in [0.25, 0.3) is 5.56 Å². The van der Waals surface area contributed by atoms with Crippen LogP contribution in [0.5, 0.6) is 0 Å². The summed E-state index contributed by atoms with van der Waals surface area (Å²) in [7, 11) is 0. The minimum atomic E-state index is -0.196. The summed E-state index contributed by atoms with van der Waals surface area (Å²) in [6.45, 7) is 0. The van der Waals surface area contributed by atoms with E-state index in [1.54, 1.807) is 18.2 Å². The Morgan fingerprint density at radius 1 is 1.19 bits per heavy atom. The summed E-state index contributed by atoms with van der Waals surface area (Å²) in [4.78, 5) is 19.6. The third-order valence-corrected chi connectivity index (χ3v) is 5.23. The van der Waals surface area contributed by atoms with Crippen LogP contribution < -0.4 is 5.56 Å². The molecule has 3 rings (SSSR count). The Kier molecular flexibility index (Phi) is 4.38. The molecule has 110 valence electrons. The smallest absolute Gasteiger partial charge is 0.265 e. The predicted octanol–water partition coefficient (Wildman–Crippen LogP) is 5.16. The lowest BCUT2D eigenvalue weighted by molar-refractivity contribution is 0.688. The van der Waals surface area contributed by atoms with Gasteiger partial charge >= 0.3 is 0 Å². The first-order valence-electron chi connectivity index (χ1n) is 6.82. The Bertz CT molecular complexity index is 719. The zero-order valence-corrected chi connectivity index (χ0v) is 14.2. The Hall–Kier alpha value is -0.840. The second-order valence-corrected chi connectivity index (χ2v) is 6.80. The molecule has 0 spiro atoms. The molecule has 2 aromatic rings. The third-order valence-electron chi connectivity index (χ3n) is 3.83. The van der Waals surface area contributed by atoms with Gasteiger partial charge in [0.15, 0.2) is 0 Å². The lowest BCUT2D eigenvalue weighted by atomic mass is 10.0. The summed E-state index contributed by atoms with van der Waals surface area (Å²) >= 11 is 15.8. The van der Waals surface area contributed by atoms with E-state index < -0.39 is 0 Å². The van der Waals surface area contributed by atoms with Gasteiger partial charge in [-0.1, -0.05) is 42.1 Å². The van der Waals surface area contributed by atoms with E-state index in [9.17, 15) is 4.79 Å². The Balaban J connectivity index is 2.18. The van der Waals surface area contributed by atoms with Crippen molar-refractivity contribution in [1.82, 2.24) is 9.97 Å². The molecule has 1 saturated carbocycles. The number of hydrogen-bond acceptors (Lipinski definition) is 2. The lowest BCUT2D eigenvalue weighted by Gasteiger charge is -2.13. The lowest BCUT2D eigenvalue weighted by Crippen LogP contribution is -2.15. The van der Waals surface area contributed by atoms with Crippen LogP contribution in [0.25, 0.3) is 11.4 Å². The summed E-state index contributed by atoms with van der Waals surface area (Å²) in [6.07, 6.45) is 4.47. The van der Waals surface area contributed by atoms with Crippen molar-refractivity contribution in [2.24, 2.45) is 0 Å². The number of benzene rings is 1. The fourth-order valence-corrected chi connectivity index (χ4v) is 3.88. The highest BCUT2D eigenvalue weighted by atomic mass is 79.9. The van der Waals surface area contributed by atoms with Crippen molar-refractivity contribution >= 4 is 39.1 Å². The minimum Gasteiger partial charge on any atom is -0.305 e. The number of aromatic nitrogens is 2. The molecule has 0 radical (unpaired) electrons. The molecule has 6 heteroatoms. The Morgan fingerprint density at radius 3 is 2.43 bits per heavy atom. The van der Waals surface area contributed by atoms with Crippen molar-refractivity contribution in [1.29, 1.82) is 0 Å². The topological polar surface area (TPSA) is 45.8 Å². The number of aromatic amines is 1. The molecule has 1 aromatic heterocycles. The van der Waals surface area contributed by atoms with Crippen molar-refractivity contribution in [3.63, 3.8) is 0 Å². The van der Waals surface area contributed by atoms with Gasteiger partial charge in [-0.2, -0.15) is 0 Å². The molecular formula is C15H13BrCl2N2O. The number of nitrogens with zero attached hydrogens (tertiary/aromatic N) is 1. The van der Waals surface area contributed by atoms with Crippen LogP contribution in [-0.4, -0.2) is 9.97 Å². The molecule has 3 nitrogen and oxygen atoms in total. The normalized spacial score (nSPS) is 15.6. The van der Waals surface area contributed by atoms with Crippen molar-refractivity contribution in [3.05, 3.63) is 48.8 Å². The molecule has 0 bridgehead atoms. The number of nitrogens with one attached hydrogen (secondary N) is 1. The highest BCUT2D eigenvalue weighted by molar-refractivity contribution is 9.10. The molecular weight excluding hydrogens is 375 g/mol. The molecule has 1 aromatic carbocycles. The Labute approximate surface area is 140 Å². The molecule has 0 saturated heterocycles. The molecule has 1 N–H and O–H groups in total. The molecule has 1 aliphatic carbocycles. The van der Waals surface area contributed by atoms with Crippen LogP contribution in [0.3, 0.4) is 0 Å². The standard InChI is InChI=1S/C15H13BrCl2N2O/c16-12-13(8-4-1-2-5-8)19-14(20-15(12)21)11-9(17)6-3-7-10(11)18/h3,6-8H,1-2,4-5H2,(H,19,20,21). The molecule has 1 fully saturated rings. The van der Waals surface area contributed by atoms with E-state index in [1.165, 1.54) is 12.8 Å². The number of halogens is 3. The summed E-state index contributed by atoms with van der Waals surface area (Å²) in [5, 5.41) is 0.954. The SMILES string of the molecule is O=c1[nH]c(-c2c(Cl)cccc2Cl)nc(C2CCCC2)c1Br. The zero-order chi connectivity index (χ0) is 15.0. The number of rotatable bonds is 2. The summed E-state index contributed by atoms with van der Waals surface area (Å²) < 4.78 is 0.515. The maximum absolute atomic E-state index is 12.2. The van der Waals surface area contributed by atoms with Crippen molar-refractivity contribution < 1.29 is 0 Å². The average molecular weight is 388 g/mol. The molecule has 1 aliphatic rings. The summed E-state index contributed by atoms with van der Waals surface area (Å²) in [5.74, 6) is 0.752. The van der Waals surface area contributed by atoms with Crippen LogP contribution in [0.1, 0.15) is 37.3 Å². The quantitative estimate of drug-likeness (QED) is 0.772. The van der Waals surface area contributed by atoms with E-state index in [2.05, 4.69) is 25.9 Å². The van der Waals surface area contributed by atoms with Gasteiger partial charge < -0.3 is 4.98 Å². The fraction of sp³-hybridized carbons (Fsp3) is 0.333. The van der Waals surface area contributed by atoms with Crippen LogP contribution in [0, 0.1) is 0 Å². The van der Waals surface area contributed by atoms with Gasteiger partial charge in [0, 0.05) is 5.92 Å². The van der Waals surface area contributed by atoms with E-state index in [4.69, 9.17) is 23.2 Å². The van der Waals surface area contributed by atoms with Crippen LogP contribution in [0.15, 0.2) is 27.5 Å². The first kappa shape index (κ1) is 15.1. The van der Waals surface area contributed by atoms with Crippen LogP contribution >= 0.6 is 39.1 Å². The maximum atomic E-state index is 12.2. The van der Waals surface area contributed by atoms with Crippen molar-refractivity contribution in [2.75, 3.05) is 0 Å². The van der Waals surface area contributed by atoms with Crippen molar-refractivity contribution in [3.8, 4) is 11.4 Å². The summed E-state index contributed by atoms with van der Waals surface area (Å²) in [5.41, 5.74) is 1.19. The second-order valence-electron chi connectivity index (χ2n) is 5.19. The molecule has 0 aliphatic heterocycles. The molecule has 0 amide bonds. The van der Waals surface area contributed by atoms with E-state index in [0.29, 0.717) is 31.8 Å². The average Bonchev–Trinajstić information content (AvgIpc) is 2.96. The largest absolute Gasteiger partial charge is 0.305 e. The van der Waals surface area contributed by atoms with Crippen LogP contribution in [0.4, 0.5) is 0 Å². The highest BCUT2D eigenvalue weighted by Gasteiger charge is 2.24. The second kappa shape index (κ2) is 6.11. The number of H-pyrrole nitrogens is 1. The van der Waals surface area contributed by atoms with E-state index in [0.717, 1.165) is 18.5 Å². The van der Waals surface area contributed by atoms with Gasteiger partial charge in [0.2, 0.25) is 0 Å². The van der Waals surface area contributed by atoms with Crippen LogP contribution in [0.2, 0.25) is 10.0 Å². The van der Waals surface area contributed by atoms with Gasteiger partial charge in [-0.25, -0.2) is 4.98 Å². The van der Waals surface area contributed by atoms with Gasteiger partial charge in [0.1, 0.15) is 10.3 Å². The van der Waals surface area contributed by atoms with E-state index in [-0.39, 0.29) is 5.56 Å². The monoisotopic (exact) mass is 386 g/mol. The molecule has 21 heavy (non-hydrogen) atoms. The minimum absolute atomic E-state index is 0.196. The van der Waals surface area contributed by atoms with Crippen LogP contribution in [-0.2, 0) is 0 Å². The van der Waals surface area contributed by atoms with Crippen molar-refractivity contribution in [2.45, 2.75) is 31.6 Å². The third kappa shape index (κ3) is 2.89. The van der Waals surface area contributed by atoms with Gasteiger partial charge in [-0.15, -0.1) is 0 Å². The van der Waals surface area contributed by atoms with Gasteiger partial charge in [0.05, 0.1) is 21.3 Å². The van der Waals surface area contributed by atoms with E-state index in [1.807, 2.05) is 0 Å². The van der Waals surface area contributed by atoms with Gasteiger partial charge in [-0.05, 0) is 40.9 Å². The number of hydrogen-bond donors (Lipinski definition) is 1.